The molecule has 2 rings (SSSR count). The lowest BCUT2D eigenvalue weighted by atomic mass is 9.74. The first kappa shape index (κ1) is 17.6. The summed E-state index contributed by atoms with van der Waals surface area (Å²) in [7, 11) is 0. The van der Waals surface area contributed by atoms with E-state index < -0.39 is 28.9 Å². The van der Waals surface area contributed by atoms with Gasteiger partial charge in [0.2, 0.25) is 5.91 Å². The predicted molar refractivity (Wildman–Crippen MR) is 79.9 cm³/mol. The first-order valence-electron chi connectivity index (χ1n) is 7.02. The molecular weight excluding hydrogens is 330 g/mol. The summed E-state index contributed by atoms with van der Waals surface area (Å²) in [6, 6.07) is 5.82. The molecule has 4 N–H and O–H groups in total. The van der Waals surface area contributed by atoms with E-state index >= 15 is 0 Å². The van der Waals surface area contributed by atoms with Crippen molar-refractivity contribution in [2.75, 3.05) is 0 Å². The van der Waals surface area contributed by atoms with Crippen LogP contribution in [0.25, 0.3) is 0 Å². The standard InChI is InChI=1S/C15H17ClF2N2O3/c1-13(11(19)21,9-4-2-5-10(16)8-9)20-12(22)15(17,18)14(23)6-3-7-14/h2,4-5,8,23H,3,6-7H2,1H3,(H2,19,21)(H,20,22). The molecule has 0 spiro atoms. The van der Waals surface area contributed by atoms with E-state index in [1.54, 1.807) is 0 Å². The Morgan fingerprint density at radius 2 is 2.00 bits per heavy atom. The molecule has 0 saturated heterocycles. The van der Waals surface area contributed by atoms with E-state index in [9.17, 15) is 23.5 Å². The van der Waals surface area contributed by atoms with Crippen LogP contribution in [0.4, 0.5) is 8.78 Å². The zero-order valence-corrected chi connectivity index (χ0v) is 13.2. The lowest BCUT2D eigenvalue weighted by Gasteiger charge is -2.42. The average molecular weight is 347 g/mol. The van der Waals surface area contributed by atoms with Crippen molar-refractivity contribution in [2.45, 2.75) is 43.2 Å². The van der Waals surface area contributed by atoms with Crippen molar-refractivity contribution in [1.82, 2.24) is 5.32 Å². The highest BCUT2D eigenvalue weighted by molar-refractivity contribution is 6.30. The number of nitrogens with two attached hydrogens (primary N) is 1. The number of hydrogen-bond acceptors (Lipinski definition) is 3. The Kier molecular flexibility index (Phi) is 4.38. The number of amides is 2. The molecule has 1 aliphatic carbocycles. The summed E-state index contributed by atoms with van der Waals surface area (Å²) >= 11 is 5.83. The van der Waals surface area contributed by atoms with Gasteiger partial charge in [0.1, 0.15) is 11.1 Å². The smallest absolute Gasteiger partial charge is 0.352 e. The number of carbonyl (C=O) groups is 2. The monoisotopic (exact) mass is 346 g/mol. The van der Waals surface area contributed by atoms with Crippen LogP contribution in [0.5, 0.6) is 0 Å². The molecule has 0 aromatic heterocycles. The maximum Gasteiger partial charge on any atom is 0.352 e. The molecule has 2 amide bonds. The molecule has 8 heteroatoms. The number of alkyl halides is 2. The van der Waals surface area contributed by atoms with Crippen LogP contribution in [-0.2, 0) is 15.1 Å². The Labute approximate surface area is 136 Å². The van der Waals surface area contributed by atoms with E-state index in [0.717, 1.165) is 0 Å². The highest BCUT2D eigenvalue weighted by Gasteiger charge is 2.62. The summed E-state index contributed by atoms with van der Waals surface area (Å²) in [5.74, 6) is -6.80. The van der Waals surface area contributed by atoms with Crippen LogP contribution in [0, 0.1) is 0 Å². The van der Waals surface area contributed by atoms with Crippen LogP contribution in [-0.4, -0.2) is 28.4 Å². The summed E-state index contributed by atoms with van der Waals surface area (Å²) in [4.78, 5) is 23.8. The fourth-order valence-electron chi connectivity index (χ4n) is 2.42. The van der Waals surface area contributed by atoms with Gasteiger partial charge >= 0.3 is 5.92 Å². The Morgan fingerprint density at radius 1 is 1.39 bits per heavy atom. The number of halogens is 3. The summed E-state index contributed by atoms with van der Waals surface area (Å²) in [5, 5.41) is 12.0. The topological polar surface area (TPSA) is 92.4 Å². The SMILES string of the molecule is CC(NC(=O)C(F)(F)C1(O)CCC1)(C(N)=O)c1cccc(Cl)c1. The van der Waals surface area contributed by atoms with E-state index in [1.165, 1.54) is 31.2 Å². The zero-order valence-electron chi connectivity index (χ0n) is 12.4. The third-order valence-corrected chi connectivity index (χ3v) is 4.54. The maximum atomic E-state index is 14.2. The number of rotatable bonds is 5. The average Bonchev–Trinajstić information content (AvgIpc) is 2.44. The highest BCUT2D eigenvalue weighted by Crippen LogP contribution is 2.44. The molecule has 1 saturated carbocycles. The summed E-state index contributed by atoms with van der Waals surface area (Å²) in [5.41, 5.74) is 1.20. The van der Waals surface area contributed by atoms with Gasteiger partial charge in [-0.25, -0.2) is 0 Å². The van der Waals surface area contributed by atoms with Crippen LogP contribution >= 0.6 is 11.6 Å². The molecule has 1 atom stereocenters. The second-order valence-corrected chi connectivity index (χ2v) is 6.35. The van der Waals surface area contributed by atoms with Crippen molar-refractivity contribution in [1.29, 1.82) is 0 Å². The molecule has 1 aromatic carbocycles. The number of aliphatic hydroxyl groups is 1. The molecular formula is C15H17ClF2N2O3. The molecule has 0 radical (unpaired) electrons. The van der Waals surface area contributed by atoms with Gasteiger partial charge in [-0.15, -0.1) is 0 Å². The molecule has 0 bridgehead atoms. The minimum Gasteiger partial charge on any atom is -0.383 e. The Balaban J connectivity index is 2.33. The van der Waals surface area contributed by atoms with Crippen molar-refractivity contribution < 1.29 is 23.5 Å². The van der Waals surface area contributed by atoms with Crippen molar-refractivity contribution in [3.63, 3.8) is 0 Å². The fourth-order valence-corrected chi connectivity index (χ4v) is 2.61. The van der Waals surface area contributed by atoms with E-state index in [2.05, 4.69) is 0 Å². The Bertz CT molecular complexity index is 649. The number of primary amides is 1. The van der Waals surface area contributed by atoms with Gasteiger partial charge in [-0.05, 0) is 43.9 Å². The van der Waals surface area contributed by atoms with E-state index in [0.29, 0.717) is 6.42 Å². The third kappa shape index (κ3) is 2.90. The van der Waals surface area contributed by atoms with Gasteiger partial charge in [-0.3, -0.25) is 9.59 Å². The van der Waals surface area contributed by atoms with Crippen LogP contribution < -0.4 is 11.1 Å². The third-order valence-electron chi connectivity index (χ3n) is 4.31. The lowest BCUT2D eigenvalue weighted by molar-refractivity contribution is -0.217. The molecule has 1 aromatic rings. The first-order valence-corrected chi connectivity index (χ1v) is 7.39. The van der Waals surface area contributed by atoms with E-state index in [1.807, 2.05) is 5.32 Å². The van der Waals surface area contributed by atoms with Gasteiger partial charge in [0.05, 0.1) is 0 Å². The number of hydrogen-bond donors (Lipinski definition) is 3. The van der Waals surface area contributed by atoms with Crippen LogP contribution in [0.15, 0.2) is 24.3 Å². The summed E-state index contributed by atoms with van der Waals surface area (Å²) in [6.07, 6.45) is 0.0382. The van der Waals surface area contributed by atoms with Crippen molar-refractivity contribution in [2.24, 2.45) is 5.73 Å². The van der Waals surface area contributed by atoms with Crippen molar-refractivity contribution >= 4 is 23.4 Å². The highest BCUT2D eigenvalue weighted by atomic mass is 35.5. The van der Waals surface area contributed by atoms with Gasteiger partial charge in [0, 0.05) is 5.02 Å². The first-order chi connectivity index (χ1) is 10.5. The Morgan fingerprint density at radius 3 is 2.43 bits per heavy atom. The number of nitrogens with one attached hydrogen (secondary N) is 1. The van der Waals surface area contributed by atoms with Crippen molar-refractivity contribution in [3.05, 3.63) is 34.9 Å². The molecule has 5 nitrogen and oxygen atoms in total. The van der Waals surface area contributed by atoms with E-state index in [4.69, 9.17) is 17.3 Å². The maximum absolute atomic E-state index is 14.2. The molecule has 1 fully saturated rings. The lowest BCUT2D eigenvalue weighted by Crippen LogP contribution is -2.64. The minimum absolute atomic E-state index is 0.169. The predicted octanol–water partition coefficient (Wildman–Crippen LogP) is 1.71. The molecule has 1 unspecified atom stereocenters. The molecule has 126 valence electrons. The van der Waals surface area contributed by atoms with E-state index in [-0.39, 0.29) is 23.4 Å². The van der Waals surface area contributed by atoms with Gasteiger partial charge in [-0.1, -0.05) is 23.7 Å². The van der Waals surface area contributed by atoms with Crippen LogP contribution in [0.3, 0.4) is 0 Å². The van der Waals surface area contributed by atoms with Gasteiger partial charge in [-0.2, -0.15) is 8.78 Å². The molecule has 0 heterocycles. The molecule has 1 aliphatic rings. The number of benzene rings is 1. The van der Waals surface area contributed by atoms with Crippen LogP contribution in [0.1, 0.15) is 31.7 Å². The minimum atomic E-state index is -4.03. The zero-order chi connectivity index (χ0) is 17.5. The second kappa shape index (κ2) is 5.72. The van der Waals surface area contributed by atoms with Crippen LogP contribution in [0.2, 0.25) is 5.02 Å². The normalized spacial score (nSPS) is 19.3. The largest absolute Gasteiger partial charge is 0.383 e. The molecule has 23 heavy (non-hydrogen) atoms. The van der Waals surface area contributed by atoms with Gasteiger partial charge in [0.15, 0.2) is 0 Å². The fraction of sp³-hybridized carbons (Fsp3) is 0.467. The van der Waals surface area contributed by atoms with Gasteiger partial charge < -0.3 is 16.2 Å². The molecule has 0 aliphatic heterocycles. The number of carbonyl (C=O) groups excluding carboxylic acids is 2. The summed E-state index contributed by atoms with van der Waals surface area (Å²) in [6.45, 7) is 1.21. The quantitative estimate of drug-likeness (QED) is 0.757. The summed E-state index contributed by atoms with van der Waals surface area (Å²) < 4.78 is 28.4. The Hall–Kier alpha value is -1.73. The van der Waals surface area contributed by atoms with Crippen molar-refractivity contribution in [3.8, 4) is 0 Å². The van der Waals surface area contributed by atoms with Gasteiger partial charge in [0.25, 0.3) is 5.91 Å². The second-order valence-electron chi connectivity index (χ2n) is 5.91.